The Morgan fingerprint density at radius 3 is 2.54 bits per heavy atom. The van der Waals surface area contributed by atoms with Crippen molar-refractivity contribution in [3.05, 3.63) is 65.2 Å². The average Bonchev–Trinajstić information content (AvgIpc) is 2.61. The molecule has 2 rings (SSSR count). The van der Waals surface area contributed by atoms with Gasteiger partial charge in [0.1, 0.15) is 11.8 Å². The number of carboxylic acids is 1. The molecule has 0 aliphatic carbocycles. The van der Waals surface area contributed by atoms with Crippen LogP contribution in [0.4, 0.5) is 0 Å². The molecule has 138 valence electrons. The van der Waals surface area contributed by atoms with Crippen molar-refractivity contribution in [2.24, 2.45) is 0 Å². The van der Waals surface area contributed by atoms with Gasteiger partial charge in [-0.3, -0.25) is 4.79 Å². The lowest BCUT2D eigenvalue weighted by molar-refractivity contribution is -0.141. The van der Waals surface area contributed by atoms with Crippen LogP contribution >= 0.6 is 0 Å². The molecule has 0 radical (unpaired) electrons. The number of carbonyl (C=O) groups is 2. The van der Waals surface area contributed by atoms with Crippen LogP contribution in [-0.2, 0) is 16.0 Å². The Morgan fingerprint density at radius 2 is 1.85 bits per heavy atom. The van der Waals surface area contributed by atoms with E-state index in [2.05, 4.69) is 5.32 Å². The molecule has 0 aliphatic rings. The zero-order chi connectivity index (χ0) is 18.9. The van der Waals surface area contributed by atoms with Gasteiger partial charge in [-0.25, -0.2) is 4.79 Å². The quantitative estimate of drug-likeness (QED) is 0.677. The van der Waals surface area contributed by atoms with Gasteiger partial charge in [-0.05, 0) is 43.0 Å². The number of hydrogen-bond acceptors (Lipinski definition) is 3. The molecule has 0 aromatic heterocycles. The van der Waals surface area contributed by atoms with Crippen LogP contribution in [0.1, 0.15) is 29.5 Å². The van der Waals surface area contributed by atoms with E-state index in [4.69, 9.17) is 4.74 Å². The van der Waals surface area contributed by atoms with Gasteiger partial charge in [-0.1, -0.05) is 42.5 Å². The van der Waals surface area contributed by atoms with Crippen LogP contribution in [0.3, 0.4) is 0 Å². The van der Waals surface area contributed by atoms with Gasteiger partial charge in [-0.15, -0.1) is 0 Å². The number of carboxylic acid groups (broad SMARTS) is 1. The molecule has 0 bridgehead atoms. The summed E-state index contributed by atoms with van der Waals surface area (Å²) in [4.78, 5) is 23.4. The van der Waals surface area contributed by atoms with Gasteiger partial charge in [0.2, 0.25) is 5.91 Å². The summed E-state index contributed by atoms with van der Waals surface area (Å²) in [6, 6.07) is 14.3. The lowest BCUT2D eigenvalue weighted by Gasteiger charge is -2.15. The lowest BCUT2D eigenvalue weighted by Crippen LogP contribution is -2.42. The maximum atomic E-state index is 12.1. The normalized spacial score (nSPS) is 11.6. The van der Waals surface area contributed by atoms with Crippen LogP contribution in [0.15, 0.2) is 48.5 Å². The fraction of sp³-hybridized carbons (Fsp3) is 0.333. The van der Waals surface area contributed by atoms with Crippen molar-refractivity contribution in [2.75, 3.05) is 6.61 Å². The van der Waals surface area contributed by atoms with Gasteiger partial charge in [0.15, 0.2) is 0 Å². The number of rotatable bonds is 9. The second-order valence-electron chi connectivity index (χ2n) is 6.37. The number of benzene rings is 2. The largest absolute Gasteiger partial charge is 0.493 e. The second-order valence-corrected chi connectivity index (χ2v) is 6.37. The third-order valence-electron chi connectivity index (χ3n) is 4.07. The van der Waals surface area contributed by atoms with Crippen molar-refractivity contribution in [3.63, 3.8) is 0 Å². The first-order valence-corrected chi connectivity index (χ1v) is 8.72. The molecule has 2 aromatic carbocycles. The van der Waals surface area contributed by atoms with E-state index < -0.39 is 12.0 Å². The monoisotopic (exact) mass is 355 g/mol. The Morgan fingerprint density at radius 1 is 1.12 bits per heavy atom. The summed E-state index contributed by atoms with van der Waals surface area (Å²) >= 11 is 0. The van der Waals surface area contributed by atoms with Crippen molar-refractivity contribution in [1.82, 2.24) is 5.32 Å². The first kappa shape index (κ1) is 19.5. The van der Waals surface area contributed by atoms with Gasteiger partial charge < -0.3 is 15.2 Å². The number of aryl methyl sites for hydroxylation is 2. The molecule has 2 N–H and O–H groups in total. The molecular formula is C21H25NO4. The van der Waals surface area contributed by atoms with Gasteiger partial charge in [0.05, 0.1) is 6.61 Å². The summed E-state index contributed by atoms with van der Waals surface area (Å²) in [6.07, 6.45) is 1.02. The van der Waals surface area contributed by atoms with Crippen LogP contribution in [0.2, 0.25) is 0 Å². The molecule has 0 heterocycles. The number of carbonyl (C=O) groups excluding carboxylic acids is 1. The Kier molecular flexibility index (Phi) is 7.21. The second kappa shape index (κ2) is 9.61. The van der Waals surface area contributed by atoms with E-state index in [1.54, 1.807) is 0 Å². The van der Waals surface area contributed by atoms with Crippen molar-refractivity contribution in [2.45, 2.75) is 39.2 Å². The molecule has 1 atom stereocenters. The predicted molar refractivity (Wildman–Crippen MR) is 100 cm³/mol. The van der Waals surface area contributed by atoms with Crippen molar-refractivity contribution >= 4 is 11.9 Å². The van der Waals surface area contributed by atoms with E-state index in [1.165, 1.54) is 0 Å². The third-order valence-corrected chi connectivity index (χ3v) is 4.07. The number of ether oxygens (including phenoxy) is 1. The maximum Gasteiger partial charge on any atom is 0.326 e. The Balaban J connectivity index is 1.77. The minimum Gasteiger partial charge on any atom is -0.493 e. The SMILES string of the molecule is Cc1ccc(C)c(OCCCC(=O)NC(Cc2ccccc2)C(=O)O)c1. The zero-order valence-corrected chi connectivity index (χ0v) is 15.2. The Bertz CT molecular complexity index is 743. The average molecular weight is 355 g/mol. The van der Waals surface area contributed by atoms with Crippen molar-refractivity contribution < 1.29 is 19.4 Å². The van der Waals surface area contributed by atoms with E-state index in [9.17, 15) is 14.7 Å². The summed E-state index contributed by atoms with van der Waals surface area (Å²) in [5.41, 5.74) is 3.04. The minimum absolute atomic E-state index is 0.226. The van der Waals surface area contributed by atoms with Gasteiger partial charge >= 0.3 is 5.97 Å². The molecule has 0 saturated heterocycles. The van der Waals surface area contributed by atoms with E-state index in [1.807, 2.05) is 62.4 Å². The molecule has 5 nitrogen and oxygen atoms in total. The highest BCUT2D eigenvalue weighted by molar-refractivity contribution is 5.83. The minimum atomic E-state index is -1.03. The van der Waals surface area contributed by atoms with E-state index in [-0.39, 0.29) is 18.7 Å². The van der Waals surface area contributed by atoms with E-state index in [0.717, 1.165) is 22.4 Å². The number of aliphatic carboxylic acids is 1. The Labute approximate surface area is 154 Å². The first-order valence-electron chi connectivity index (χ1n) is 8.72. The van der Waals surface area contributed by atoms with Crippen LogP contribution in [0.5, 0.6) is 5.75 Å². The number of hydrogen-bond donors (Lipinski definition) is 2. The molecule has 26 heavy (non-hydrogen) atoms. The van der Waals surface area contributed by atoms with Gasteiger partial charge in [0, 0.05) is 12.8 Å². The highest BCUT2D eigenvalue weighted by atomic mass is 16.5. The van der Waals surface area contributed by atoms with Crippen molar-refractivity contribution in [1.29, 1.82) is 0 Å². The predicted octanol–water partition coefficient (Wildman–Crippen LogP) is 3.27. The summed E-state index contributed by atoms with van der Waals surface area (Å²) < 4.78 is 5.72. The van der Waals surface area contributed by atoms with Crippen molar-refractivity contribution in [3.8, 4) is 5.75 Å². The first-order chi connectivity index (χ1) is 12.5. The van der Waals surface area contributed by atoms with Gasteiger partial charge in [0.25, 0.3) is 0 Å². The van der Waals surface area contributed by atoms with Crippen LogP contribution in [-0.4, -0.2) is 29.6 Å². The van der Waals surface area contributed by atoms with E-state index >= 15 is 0 Å². The maximum absolute atomic E-state index is 12.1. The molecule has 1 amide bonds. The molecule has 0 spiro atoms. The topological polar surface area (TPSA) is 75.6 Å². The van der Waals surface area contributed by atoms with Crippen LogP contribution < -0.4 is 10.1 Å². The van der Waals surface area contributed by atoms with Gasteiger partial charge in [-0.2, -0.15) is 0 Å². The molecular weight excluding hydrogens is 330 g/mol. The fourth-order valence-electron chi connectivity index (χ4n) is 2.59. The highest BCUT2D eigenvalue weighted by Crippen LogP contribution is 2.19. The summed E-state index contributed by atoms with van der Waals surface area (Å²) in [6.45, 7) is 4.38. The summed E-state index contributed by atoms with van der Waals surface area (Å²) in [5.74, 6) is -0.496. The molecule has 0 aliphatic heterocycles. The summed E-state index contributed by atoms with van der Waals surface area (Å²) in [5, 5.41) is 11.9. The highest BCUT2D eigenvalue weighted by Gasteiger charge is 2.20. The third kappa shape index (κ3) is 6.24. The number of amides is 1. The lowest BCUT2D eigenvalue weighted by atomic mass is 10.1. The standard InChI is InChI=1S/C21H25NO4/c1-15-10-11-16(2)19(13-15)26-12-6-9-20(23)22-18(21(24)25)14-17-7-4-3-5-8-17/h3-5,7-8,10-11,13,18H,6,9,12,14H2,1-2H3,(H,22,23)(H,24,25). The summed E-state index contributed by atoms with van der Waals surface area (Å²) in [7, 11) is 0. The Hall–Kier alpha value is -2.82. The molecule has 2 aromatic rings. The van der Waals surface area contributed by atoms with Crippen LogP contribution in [0, 0.1) is 13.8 Å². The zero-order valence-electron chi connectivity index (χ0n) is 15.2. The number of nitrogens with one attached hydrogen (secondary N) is 1. The van der Waals surface area contributed by atoms with E-state index in [0.29, 0.717) is 13.0 Å². The fourth-order valence-corrected chi connectivity index (χ4v) is 2.59. The van der Waals surface area contributed by atoms with Crippen LogP contribution in [0.25, 0.3) is 0 Å². The molecule has 0 saturated carbocycles. The molecule has 5 heteroatoms. The molecule has 0 fully saturated rings. The smallest absolute Gasteiger partial charge is 0.326 e. The molecule has 1 unspecified atom stereocenters.